The van der Waals surface area contributed by atoms with Crippen LogP contribution in [0, 0.1) is 5.92 Å². The highest BCUT2D eigenvalue weighted by Gasteiger charge is 2.27. The Morgan fingerprint density at radius 1 is 1.90 bits per heavy atom. The SMILES string of the molecule is C=CN1CCC(CC)C1=O. The van der Waals surface area contributed by atoms with Crippen molar-refractivity contribution in [1.82, 2.24) is 4.90 Å². The molecule has 1 rings (SSSR count). The molecule has 1 atom stereocenters. The number of nitrogens with zero attached hydrogens (tertiary/aromatic N) is 1. The van der Waals surface area contributed by atoms with E-state index in [1.165, 1.54) is 0 Å². The van der Waals surface area contributed by atoms with Gasteiger partial charge < -0.3 is 4.90 Å². The van der Waals surface area contributed by atoms with E-state index < -0.39 is 0 Å². The Morgan fingerprint density at radius 2 is 2.60 bits per heavy atom. The first-order valence-corrected chi connectivity index (χ1v) is 3.72. The first kappa shape index (κ1) is 7.32. The number of amides is 1. The van der Waals surface area contributed by atoms with Crippen molar-refractivity contribution in [1.29, 1.82) is 0 Å². The Bertz CT molecular complexity index is 153. The van der Waals surface area contributed by atoms with Crippen molar-refractivity contribution in [2.45, 2.75) is 19.8 Å². The summed E-state index contributed by atoms with van der Waals surface area (Å²) in [5.74, 6) is 0.510. The van der Waals surface area contributed by atoms with Crippen LogP contribution in [0.1, 0.15) is 19.8 Å². The highest BCUT2D eigenvalue weighted by Crippen LogP contribution is 2.20. The molecular weight excluding hydrogens is 126 g/mol. The number of likely N-dealkylation sites (tertiary alicyclic amines) is 1. The smallest absolute Gasteiger partial charge is 0.229 e. The third kappa shape index (κ3) is 1.06. The minimum absolute atomic E-state index is 0.248. The molecule has 1 fully saturated rings. The lowest BCUT2D eigenvalue weighted by molar-refractivity contribution is -0.128. The van der Waals surface area contributed by atoms with Crippen LogP contribution in [0.2, 0.25) is 0 Å². The van der Waals surface area contributed by atoms with Crippen molar-refractivity contribution in [2.75, 3.05) is 6.54 Å². The number of carbonyl (C=O) groups is 1. The van der Waals surface area contributed by atoms with Crippen LogP contribution >= 0.6 is 0 Å². The molecule has 0 aromatic carbocycles. The Morgan fingerprint density at radius 3 is 2.90 bits per heavy atom. The van der Waals surface area contributed by atoms with Gasteiger partial charge in [0, 0.05) is 12.5 Å². The van der Waals surface area contributed by atoms with Gasteiger partial charge in [0.15, 0.2) is 0 Å². The average molecular weight is 139 g/mol. The van der Waals surface area contributed by atoms with Crippen LogP contribution < -0.4 is 0 Å². The first-order chi connectivity index (χ1) is 4.79. The maximum Gasteiger partial charge on any atom is 0.229 e. The second-order valence-corrected chi connectivity index (χ2v) is 2.61. The van der Waals surface area contributed by atoms with Crippen molar-refractivity contribution in [2.24, 2.45) is 5.92 Å². The maximum atomic E-state index is 11.2. The summed E-state index contributed by atoms with van der Waals surface area (Å²) in [6, 6.07) is 0. The van der Waals surface area contributed by atoms with Crippen molar-refractivity contribution in [3.8, 4) is 0 Å². The first-order valence-electron chi connectivity index (χ1n) is 3.72. The van der Waals surface area contributed by atoms with Gasteiger partial charge >= 0.3 is 0 Å². The van der Waals surface area contributed by atoms with E-state index in [0.717, 1.165) is 19.4 Å². The largest absolute Gasteiger partial charge is 0.319 e. The lowest BCUT2D eigenvalue weighted by Gasteiger charge is -2.08. The average Bonchev–Trinajstić information content (AvgIpc) is 2.30. The zero-order valence-electron chi connectivity index (χ0n) is 6.34. The Labute approximate surface area is 61.5 Å². The molecule has 56 valence electrons. The molecule has 1 unspecified atom stereocenters. The molecule has 0 aromatic heterocycles. The predicted octanol–water partition coefficient (Wildman–Crippen LogP) is 1.39. The van der Waals surface area contributed by atoms with Crippen LogP contribution in [-0.2, 0) is 4.79 Å². The molecule has 10 heavy (non-hydrogen) atoms. The minimum atomic E-state index is 0.248. The van der Waals surface area contributed by atoms with Crippen LogP contribution in [0.5, 0.6) is 0 Å². The number of hydrogen-bond acceptors (Lipinski definition) is 1. The quantitative estimate of drug-likeness (QED) is 0.566. The minimum Gasteiger partial charge on any atom is -0.319 e. The summed E-state index contributed by atoms with van der Waals surface area (Å²) in [6.45, 7) is 6.48. The molecule has 0 aromatic rings. The molecule has 2 heteroatoms. The summed E-state index contributed by atoms with van der Waals surface area (Å²) in [6.07, 6.45) is 3.59. The summed E-state index contributed by atoms with van der Waals surface area (Å²) in [4.78, 5) is 12.9. The third-order valence-electron chi connectivity index (χ3n) is 2.06. The van der Waals surface area contributed by atoms with Gasteiger partial charge in [0.05, 0.1) is 0 Å². The van der Waals surface area contributed by atoms with Gasteiger partial charge in [0.25, 0.3) is 0 Å². The number of carbonyl (C=O) groups excluding carboxylic acids is 1. The molecule has 1 aliphatic rings. The van der Waals surface area contributed by atoms with Crippen molar-refractivity contribution in [3.05, 3.63) is 12.8 Å². The summed E-state index contributed by atoms with van der Waals surface area (Å²) in [5.41, 5.74) is 0. The van der Waals surface area contributed by atoms with E-state index in [1.807, 2.05) is 0 Å². The van der Waals surface area contributed by atoms with E-state index in [2.05, 4.69) is 13.5 Å². The zero-order chi connectivity index (χ0) is 7.56. The summed E-state index contributed by atoms with van der Waals surface area (Å²) < 4.78 is 0. The molecule has 2 nitrogen and oxygen atoms in total. The lowest BCUT2D eigenvalue weighted by Crippen LogP contribution is -2.20. The van der Waals surface area contributed by atoms with Crippen LogP contribution in [0.3, 0.4) is 0 Å². The van der Waals surface area contributed by atoms with E-state index in [-0.39, 0.29) is 11.8 Å². The predicted molar refractivity (Wildman–Crippen MR) is 40.3 cm³/mol. The van der Waals surface area contributed by atoms with E-state index in [9.17, 15) is 4.79 Å². The van der Waals surface area contributed by atoms with Crippen LogP contribution in [0.4, 0.5) is 0 Å². The molecule has 0 N–H and O–H groups in total. The highest BCUT2D eigenvalue weighted by atomic mass is 16.2. The van der Waals surface area contributed by atoms with Gasteiger partial charge in [-0.05, 0) is 19.0 Å². The summed E-state index contributed by atoms with van der Waals surface area (Å²) in [5, 5.41) is 0. The second-order valence-electron chi connectivity index (χ2n) is 2.61. The Kier molecular flexibility index (Phi) is 2.10. The van der Waals surface area contributed by atoms with Crippen LogP contribution in [0.25, 0.3) is 0 Å². The molecule has 1 heterocycles. The second kappa shape index (κ2) is 2.86. The molecule has 0 aliphatic carbocycles. The van der Waals surface area contributed by atoms with Crippen molar-refractivity contribution in [3.63, 3.8) is 0 Å². The lowest BCUT2D eigenvalue weighted by atomic mass is 10.1. The van der Waals surface area contributed by atoms with Crippen LogP contribution in [-0.4, -0.2) is 17.4 Å². The maximum absolute atomic E-state index is 11.2. The molecule has 1 aliphatic heterocycles. The fourth-order valence-electron chi connectivity index (χ4n) is 1.32. The topological polar surface area (TPSA) is 20.3 Å². The van der Waals surface area contributed by atoms with Gasteiger partial charge in [-0.15, -0.1) is 0 Å². The third-order valence-corrected chi connectivity index (χ3v) is 2.06. The molecule has 1 amide bonds. The van der Waals surface area contributed by atoms with Gasteiger partial charge in [-0.25, -0.2) is 0 Å². The van der Waals surface area contributed by atoms with Gasteiger partial charge in [-0.2, -0.15) is 0 Å². The molecular formula is C8H13NO. The molecule has 0 radical (unpaired) electrons. The number of hydrogen-bond donors (Lipinski definition) is 0. The zero-order valence-corrected chi connectivity index (χ0v) is 6.34. The van der Waals surface area contributed by atoms with Crippen molar-refractivity contribution < 1.29 is 4.79 Å². The van der Waals surface area contributed by atoms with E-state index in [1.54, 1.807) is 11.1 Å². The summed E-state index contributed by atoms with van der Waals surface area (Å²) in [7, 11) is 0. The van der Waals surface area contributed by atoms with Gasteiger partial charge in [-0.1, -0.05) is 13.5 Å². The molecule has 0 bridgehead atoms. The molecule has 0 spiro atoms. The fraction of sp³-hybridized carbons (Fsp3) is 0.625. The van der Waals surface area contributed by atoms with E-state index in [4.69, 9.17) is 0 Å². The van der Waals surface area contributed by atoms with Gasteiger partial charge in [0.2, 0.25) is 5.91 Å². The Hall–Kier alpha value is -0.790. The van der Waals surface area contributed by atoms with Crippen molar-refractivity contribution >= 4 is 5.91 Å². The monoisotopic (exact) mass is 139 g/mol. The molecule has 1 saturated heterocycles. The van der Waals surface area contributed by atoms with E-state index >= 15 is 0 Å². The number of rotatable bonds is 2. The normalized spacial score (nSPS) is 25.5. The van der Waals surface area contributed by atoms with Gasteiger partial charge in [0.1, 0.15) is 0 Å². The van der Waals surface area contributed by atoms with E-state index in [0.29, 0.717) is 0 Å². The fourth-order valence-corrected chi connectivity index (χ4v) is 1.32. The summed E-state index contributed by atoms with van der Waals surface area (Å²) >= 11 is 0. The highest BCUT2D eigenvalue weighted by molar-refractivity contribution is 5.81. The van der Waals surface area contributed by atoms with Crippen LogP contribution in [0.15, 0.2) is 12.8 Å². The van der Waals surface area contributed by atoms with Gasteiger partial charge in [-0.3, -0.25) is 4.79 Å². The standard InChI is InChI=1S/C8H13NO/c1-3-7-5-6-9(4-2)8(7)10/h4,7H,2-3,5-6H2,1H3. The Balaban J connectivity index is 2.57. The molecule has 0 saturated carbocycles.